The van der Waals surface area contributed by atoms with Crippen molar-refractivity contribution in [1.29, 1.82) is 0 Å². The number of hydrogen-bond donors (Lipinski definition) is 0. The maximum atomic E-state index is 13.1. The van der Waals surface area contributed by atoms with Gasteiger partial charge in [0, 0.05) is 51.2 Å². The number of aryl methyl sites for hydroxylation is 1. The fourth-order valence-corrected chi connectivity index (χ4v) is 3.92. The molecule has 1 aromatic heterocycles. The standard InChI is InChI=1S/C23H22F3N3O3/c1-27-20-5-3-2-4-18(20)19(14-21(27)30)22(31)29-12-10-28(11-13-29)15-16-6-8-17(9-7-16)32-23(24,25)26/h2-9,14H,10-13,15H2,1H3. The van der Waals surface area contributed by atoms with Crippen LogP contribution in [-0.4, -0.2) is 52.8 Å². The van der Waals surface area contributed by atoms with E-state index in [1.165, 1.54) is 22.8 Å². The number of ether oxygens (including phenoxy) is 1. The Morgan fingerprint density at radius 2 is 1.66 bits per heavy atom. The second kappa shape index (κ2) is 8.66. The molecule has 4 rings (SSSR count). The van der Waals surface area contributed by atoms with E-state index in [0.29, 0.717) is 43.8 Å². The van der Waals surface area contributed by atoms with Crippen LogP contribution < -0.4 is 10.3 Å². The van der Waals surface area contributed by atoms with E-state index in [9.17, 15) is 22.8 Å². The van der Waals surface area contributed by atoms with Gasteiger partial charge in [-0.2, -0.15) is 0 Å². The lowest BCUT2D eigenvalue weighted by Crippen LogP contribution is -2.48. The third kappa shape index (κ3) is 4.77. The van der Waals surface area contributed by atoms with Crippen molar-refractivity contribution in [2.75, 3.05) is 26.2 Å². The number of carbonyl (C=O) groups excluding carboxylic acids is 1. The van der Waals surface area contributed by atoms with Gasteiger partial charge in [0.25, 0.3) is 11.5 Å². The molecule has 0 atom stereocenters. The number of amides is 1. The van der Waals surface area contributed by atoms with Crippen LogP contribution in [0.25, 0.3) is 10.9 Å². The second-order valence-corrected chi connectivity index (χ2v) is 7.73. The summed E-state index contributed by atoms with van der Waals surface area (Å²) < 4.78 is 42.3. The number of nitrogens with zero attached hydrogens (tertiary/aromatic N) is 3. The van der Waals surface area contributed by atoms with Crippen molar-refractivity contribution in [3.63, 3.8) is 0 Å². The first-order valence-electron chi connectivity index (χ1n) is 10.2. The fourth-order valence-electron chi connectivity index (χ4n) is 3.92. The van der Waals surface area contributed by atoms with Gasteiger partial charge in [-0.25, -0.2) is 0 Å². The molecule has 168 valence electrons. The van der Waals surface area contributed by atoms with Crippen LogP contribution in [0.4, 0.5) is 13.2 Å². The average Bonchev–Trinajstić information content (AvgIpc) is 2.77. The maximum absolute atomic E-state index is 13.1. The Hall–Kier alpha value is -3.33. The van der Waals surface area contributed by atoms with E-state index in [4.69, 9.17) is 0 Å². The third-order valence-corrected chi connectivity index (χ3v) is 5.61. The molecular weight excluding hydrogens is 423 g/mol. The number of fused-ring (bicyclic) bond motifs is 1. The van der Waals surface area contributed by atoms with Crippen molar-refractivity contribution in [2.45, 2.75) is 12.9 Å². The van der Waals surface area contributed by atoms with Gasteiger partial charge in [0.1, 0.15) is 5.75 Å². The van der Waals surface area contributed by atoms with Crippen LogP contribution in [0.3, 0.4) is 0 Å². The van der Waals surface area contributed by atoms with Crippen molar-refractivity contribution in [2.24, 2.45) is 7.05 Å². The molecule has 6 nitrogen and oxygen atoms in total. The van der Waals surface area contributed by atoms with Gasteiger partial charge in [-0.15, -0.1) is 13.2 Å². The summed E-state index contributed by atoms with van der Waals surface area (Å²) in [6.45, 7) is 2.79. The molecule has 3 aromatic rings. The van der Waals surface area contributed by atoms with Crippen molar-refractivity contribution in [3.05, 3.63) is 76.1 Å². The number of carbonyl (C=O) groups is 1. The lowest BCUT2D eigenvalue weighted by molar-refractivity contribution is -0.274. The van der Waals surface area contributed by atoms with Crippen molar-refractivity contribution in [3.8, 4) is 5.75 Å². The van der Waals surface area contributed by atoms with E-state index in [1.54, 1.807) is 24.1 Å². The third-order valence-electron chi connectivity index (χ3n) is 5.61. The minimum atomic E-state index is -4.71. The number of piperazine rings is 1. The van der Waals surface area contributed by atoms with Crippen LogP contribution in [0, 0.1) is 0 Å². The van der Waals surface area contributed by atoms with Crippen LogP contribution >= 0.6 is 0 Å². The topological polar surface area (TPSA) is 54.8 Å². The molecular formula is C23H22F3N3O3. The zero-order chi connectivity index (χ0) is 22.9. The molecule has 0 aliphatic carbocycles. The molecule has 2 heterocycles. The molecule has 0 unspecified atom stereocenters. The smallest absolute Gasteiger partial charge is 0.406 e. The molecule has 1 aliphatic heterocycles. The predicted molar refractivity (Wildman–Crippen MR) is 113 cm³/mol. The lowest BCUT2D eigenvalue weighted by atomic mass is 10.1. The number of halogens is 3. The fraction of sp³-hybridized carbons (Fsp3) is 0.304. The second-order valence-electron chi connectivity index (χ2n) is 7.73. The van der Waals surface area contributed by atoms with Gasteiger partial charge in [0.05, 0.1) is 11.1 Å². The number of para-hydroxylation sites is 1. The molecule has 0 N–H and O–H groups in total. The molecule has 1 amide bonds. The SMILES string of the molecule is Cn1c(=O)cc(C(=O)N2CCN(Cc3ccc(OC(F)(F)F)cc3)CC2)c2ccccc21. The van der Waals surface area contributed by atoms with Gasteiger partial charge in [0.15, 0.2) is 0 Å². The predicted octanol–water partition coefficient (Wildman–Crippen LogP) is 3.40. The first-order chi connectivity index (χ1) is 15.2. The normalized spacial score (nSPS) is 15.2. The Kier molecular flexibility index (Phi) is 5.92. The molecule has 0 radical (unpaired) electrons. The Bertz CT molecular complexity index is 1180. The molecule has 1 aliphatic rings. The summed E-state index contributed by atoms with van der Waals surface area (Å²) in [7, 11) is 1.68. The average molecular weight is 445 g/mol. The maximum Gasteiger partial charge on any atom is 0.573 e. The summed E-state index contributed by atoms with van der Waals surface area (Å²) in [4.78, 5) is 29.3. The zero-order valence-corrected chi connectivity index (χ0v) is 17.4. The minimum Gasteiger partial charge on any atom is -0.406 e. The van der Waals surface area contributed by atoms with Gasteiger partial charge < -0.3 is 14.2 Å². The van der Waals surface area contributed by atoms with Gasteiger partial charge >= 0.3 is 6.36 Å². The molecule has 0 saturated carbocycles. The van der Waals surface area contributed by atoms with Gasteiger partial charge in [0.2, 0.25) is 0 Å². The van der Waals surface area contributed by atoms with E-state index < -0.39 is 6.36 Å². The van der Waals surface area contributed by atoms with Crippen LogP contribution in [0.15, 0.2) is 59.4 Å². The van der Waals surface area contributed by atoms with E-state index in [-0.39, 0.29) is 17.2 Å². The Labute approximate surface area is 182 Å². The summed E-state index contributed by atoms with van der Waals surface area (Å²) in [6, 6.07) is 14.5. The molecule has 9 heteroatoms. The highest BCUT2D eigenvalue weighted by molar-refractivity contribution is 6.06. The lowest BCUT2D eigenvalue weighted by Gasteiger charge is -2.35. The van der Waals surface area contributed by atoms with E-state index in [1.807, 2.05) is 24.3 Å². The van der Waals surface area contributed by atoms with Crippen molar-refractivity contribution < 1.29 is 22.7 Å². The molecule has 1 saturated heterocycles. The molecule has 0 spiro atoms. The quantitative estimate of drug-likeness (QED) is 0.618. The van der Waals surface area contributed by atoms with Crippen LogP contribution in [0.1, 0.15) is 15.9 Å². The van der Waals surface area contributed by atoms with Crippen LogP contribution in [0.5, 0.6) is 5.75 Å². The summed E-state index contributed by atoms with van der Waals surface area (Å²) in [5.74, 6) is -0.426. The van der Waals surface area contributed by atoms with Crippen LogP contribution in [0.2, 0.25) is 0 Å². The first kappa shape index (κ1) is 21.9. The Balaban J connectivity index is 1.40. The Morgan fingerprint density at radius 1 is 1.00 bits per heavy atom. The van der Waals surface area contributed by atoms with Crippen molar-refractivity contribution in [1.82, 2.24) is 14.4 Å². The molecule has 0 bridgehead atoms. The number of aromatic nitrogens is 1. The highest BCUT2D eigenvalue weighted by Crippen LogP contribution is 2.23. The number of benzene rings is 2. The monoisotopic (exact) mass is 445 g/mol. The largest absolute Gasteiger partial charge is 0.573 e. The summed E-state index contributed by atoms with van der Waals surface area (Å²) in [5.41, 5.74) is 1.73. The van der Waals surface area contributed by atoms with E-state index >= 15 is 0 Å². The molecule has 2 aromatic carbocycles. The number of rotatable bonds is 4. The van der Waals surface area contributed by atoms with Gasteiger partial charge in [-0.3, -0.25) is 14.5 Å². The summed E-state index contributed by atoms with van der Waals surface area (Å²) >= 11 is 0. The number of hydrogen-bond acceptors (Lipinski definition) is 4. The number of pyridine rings is 1. The van der Waals surface area contributed by atoms with Gasteiger partial charge in [-0.05, 0) is 23.8 Å². The first-order valence-corrected chi connectivity index (χ1v) is 10.2. The highest BCUT2D eigenvalue weighted by atomic mass is 19.4. The minimum absolute atomic E-state index is 0.174. The van der Waals surface area contributed by atoms with E-state index in [0.717, 1.165) is 10.9 Å². The zero-order valence-electron chi connectivity index (χ0n) is 17.4. The highest BCUT2D eigenvalue weighted by Gasteiger charge is 2.31. The van der Waals surface area contributed by atoms with Gasteiger partial charge in [-0.1, -0.05) is 30.3 Å². The number of alkyl halides is 3. The van der Waals surface area contributed by atoms with Crippen LogP contribution in [-0.2, 0) is 13.6 Å². The summed E-state index contributed by atoms with van der Waals surface area (Å²) in [5, 5.41) is 0.739. The molecule has 32 heavy (non-hydrogen) atoms. The van der Waals surface area contributed by atoms with E-state index in [2.05, 4.69) is 9.64 Å². The van der Waals surface area contributed by atoms with Crippen molar-refractivity contribution >= 4 is 16.8 Å². The summed E-state index contributed by atoms with van der Waals surface area (Å²) in [6.07, 6.45) is -4.71. The Morgan fingerprint density at radius 3 is 2.31 bits per heavy atom. The molecule has 1 fully saturated rings.